The van der Waals surface area contributed by atoms with Gasteiger partial charge in [-0.15, -0.1) is 0 Å². The SMILES string of the molecule is CCN(Cc1cc(C)cc(-c2cc(C)cc(-c3cc(C)cc(CN(CC)C(=O)c4ccccc4)c3OCC(=O)O)c2OCC(=O)O)c1OCC(=O)O)C(=O)c1ccccc1.[Er]. The minimum Gasteiger partial charge on any atom is -0.481 e. The third-order valence-electron chi connectivity index (χ3n) is 9.56. The van der Waals surface area contributed by atoms with Gasteiger partial charge in [-0.05, 0) is 99.8 Å². The van der Waals surface area contributed by atoms with Gasteiger partial charge in [0, 0.05) is 108 Å². The van der Waals surface area contributed by atoms with Gasteiger partial charge in [-0.1, -0.05) is 48.5 Å². The Bertz CT molecular complexity index is 2230. The summed E-state index contributed by atoms with van der Waals surface area (Å²) in [4.78, 5) is 66.6. The molecule has 2 amide bonds. The van der Waals surface area contributed by atoms with Crippen molar-refractivity contribution in [2.24, 2.45) is 0 Å². The topological polar surface area (TPSA) is 180 Å². The molecule has 0 bridgehead atoms. The van der Waals surface area contributed by atoms with E-state index in [1.165, 1.54) is 0 Å². The van der Waals surface area contributed by atoms with Crippen LogP contribution >= 0.6 is 0 Å². The van der Waals surface area contributed by atoms with Gasteiger partial charge in [-0.25, -0.2) is 14.4 Å². The molecule has 0 heterocycles. The molecule has 3 N–H and O–H groups in total. The van der Waals surface area contributed by atoms with E-state index in [-0.39, 0.29) is 79.5 Å². The molecule has 0 atom stereocenters. The molecule has 0 aliphatic heterocycles. The first kappa shape index (κ1) is 47.8. The first-order valence-corrected chi connectivity index (χ1v) is 19.3. The van der Waals surface area contributed by atoms with Gasteiger partial charge < -0.3 is 39.3 Å². The van der Waals surface area contributed by atoms with E-state index in [1.54, 1.807) is 94.7 Å². The molecule has 5 aromatic rings. The maximum atomic E-state index is 13.7. The number of carbonyl (C=O) groups excluding carboxylic acids is 2. The Morgan fingerprint density at radius 1 is 0.475 bits per heavy atom. The predicted octanol–water partition coefficient (Wildman–Crippen LogP) is 7.66. The summed E-state index contributed by atoms with van der Waals surface area (Å²) in [6.07, 6.45) is 0. The molecule has 324 valence electrons. The second-order valence-corrected chi connectivity index (χ2v) is 14.2. The van der Waals surface area contributed by atoms with Crippen molar-refractivity contribution in [3.05, 3.63) is 136 Å². The molecule has 0 fully saturated rings. The first-order chi connectivity index (χ1) is 28.7. The molecular formula is C47H48ErN2O11. The molecule has 5 rings (SSSR count). The number of ether oxygens (including phenoxy) is 3. The smallest absolute Gasteiger partial charge is 0.341 e. The quantitative estimate of drug-likeness (QED) is 0.0740. The van der Waals surface area contributed by atoms with Crippen molar-refractivity contribution < 1.29 is 90.8 Å². The van der Waals surface area contributed by atoms with E-state index in [4.69, 9.17) is 14.2 Å². The van der Waals surface area contributed by atoms with Crippen molar-refractivity contribution in [2.45, 2.75) is 47.7 Å². The number of carbonyl (C=O) groups is 5. The van der Waals surface area contributed by atoms with E-state index in [0.29, 0.717) is 63.2 Å². The number of rotatable bonds is 19. The third-order valence-corrected chi connectivity index (χ3v) is 9.56. The molecule has 14 heteroatoms. The van der Waals surface area contributed by atoms with Crippen molar-refractivity contribution >= 4 is 29.7 Å². The van der Waals surface area contributed by atoms with Gasteiger partial charge in [0.15, 0.2) is 19.8 Å². The van der Waals surface area contributed by atoms with Crippen LogP contribution in [0.2, 0.25) is 0 Å². The fourth-order valence-corrected chi connectivity index (χ4v) is 7.00. The van der Waals surface area contributed by atoms with Gasteiger partial charge in [0.1, 0.15) is 17.2 Å². The van der Waals surface area contributed by atoms with Crippen LogP contribution in [-0.2, 0) is 27.5 Å². The average Bonchev–Trinajstić information content (AvgIpc) is 3.22. The van der Waals surface area contributed by atoms with Crippen molar-refractivity contribution in [3.8, 4) is 39.5 Å². The van der Waals surface area contributed by atoms with Crippen LogP contribution in [0.5, 0.6) is 17.2 Å². The van der Waals surface area contributed by atoms with Crippen LogP contribution in [0.3, 0.4) is 0 Å². The molecule has 0 aromatic heterocycles. The van der Waals surface area contributed by atoms with Gasteiger partial charge in [-0.3, -0.25) is 9.59 Å². The Kier molecular flexibility index (Phi) is 17.3. The van der Waals surface area contributed by atoms with E-state index in [0.717, 1.165) is 11.1 Å². The molecule has 61 heavy (non-hydrogen) atoms. The standard InChI is InChI=1S/C47H48N2O11.Er/c1-6-48(46(56)32-14-10-8-11-15-32)24-34-18-29(3)20-36(43(34)58-26-40(50)51)38-22-31(5)23-39(45(38)60-28-42(54)55)37-21-30(4)19-35(44(37)59-27-41(52)53)25-49(7-2)47(57)33-16-12-9-13-17-33;/h8-23H,6-7,24-28H2,1-5H3,(H,50,51)(H,52,53)(H,54,55);. The number of hydrogen-bond donors (Lipinski definition) is 3. The summed E-state index contributed by atoms with van der Waals surface area (Å²) in [5.41, 5.74) is 5.48. The first-order valence-electron chi connectivity index (χ1n) is 19.3. The van der Waals surface area contributed by atoms with Crippen molar-refractivity contribution in [2.75, 3.05) is 32.9 Å². The van der Waals surface area contributed by atoms with Crippen molar-refractivity contribution in [1.29, 1.82) is 0 Å². The molecule has 0 unspecified atom stereocenters. The van der Waals surface area contributed by atoms with Crippen molar-refractivity contribution in [1.82, 2.24) is 9.80 Å². The summed E-state index contributed by atoms with van der Waals surface area (Å²) in [5, 5.41) is 29.4. The maximum Gasteiger partial charge on any atom is 0.341 e. The fourth-order valence-electron chi connectivity index (χ4n) is 7.00. The minimum absolute atomic E-state index is 0. The van der Waals surface area contributed by atoms with Crippen LogP contribution in [0.25, 0.3) is 22.3 Å². The number of amides is 2. The van der Waals surface area contributed by atoms with Gasteiger partial charge in [-0.2, -0.15) is 0 Å². The Morgan fingerprint density at radius 3 is 1.08 bits per heavy atom. The number of aryl methyl sites for hydroxylation is 3. The molecule has 0 spiro atoms. The third kappa shape index (κ3) is 12.3. The normalized spacial score (nSPS) is 10.6. The predicted molar refractivity (Wildman–Crippen MR) is 225 cm³/mol. The van der Waals surface area contributed by atoms with Crippen LogP contribution in [-0.4, -0.2) is 87.8 Å². The Balaban J connectivity index is 0.00000819. The number of carboxylic acid groups (broad SMARTS) is 3. The fraction of sp³-hybridized carbons (Fsp3) is 0.255. The number of aliphatic carboxylic acids is 3. The summed E-state index contributed by atoms with van der Waals surface area (Å²) < 4.78 is 18.2. The maximum absolute atomic E-state index is 13.7. The molecular weight excluding hydrogens is 936 g/mol. The minimum atomic E-state index is -1.27. The van der Waals surface area contributed by atoms with Crippen LogP contribution in [0.4, 0.5) is 0 Å². The van der Waals surface area contributed by atoms with Gasteiger partial charge in [0.05, 0.1) is 0 Å². The zero-order chi connectivity index (χ0) is 43.5. The molecule has 0 saturated heterocycles. The van der Waals surface area contributed by atoms with Crippen LogP contribution in [0, 0.1) is 58.1 Å². The van der Waals surface area contributed by atoms with Gasteiger partial charge in [0.2, 0.25) is 0 Å². The molecule has 0 aliphatic rings. The summed E-state index contributed by atoms with van der Waals surface area (Å²) in [6, 6.07) is 28.2. The molecule has 0 saturated carbocycles. The second kappa shape index (κ2) is 22.1. The van der Waals surface area contributed by atoms with E-state index in [9.17, 15) is 39.3 Å². The number of carboxylic acids is 3. The molecule has 0 radical (unpaired) electrons. The van der Waals surface area contributed by atoms with Crippen molar-refractivity contribution in [3.63, 3.8) is 0 Å². The largest absolute Gasteiger partial charge is 0.481 e. The average molecular weight is 984 g/mol. The summed E-state index contributed by atoms with van der Waals surface area (Å²) in [6.45, 7) is 7.63. The van der Waals surface area contributed by atoms with E-state index >= 15 is 0 Å². The summed E-state index contributed by atoms with van der Waals surface area (Å²) >= 11 is 0. The second-order valence-electron chi connectivity index (χ2n) is 14.2. The number of benzene rings is 5. The monoisotopic (exact) mass is 982 g/mol. The number of nitrogens with zero attached hydrogens (tertiary/aromatic N) is 2. The van der Waals surface area contributed by atoms with Crippen LogP contribution < -0.4 is 14.2 Å². The molecule has 0 aliphatic carbocycles. The van der Waals surface area contributed by atoms with E-state index in [1.807, 2.05) is 46.8 Å². The summed E-state index contributed by atoms with van der Waals surface area (Å²) in [7, 11) is 0. The van der Waals surface area contributed by atoms with Crippen LogP contribution in [0.1, 0.15) is 62.4 Å². The Labute approximate surface area is 384 Å². The zero-order valence-corrected chi connectivity index (χ0v) is 36.3. The Hall–Kier alpha value is -5.90. The van der Waals surface area contributed by atoms with Gasteiger partial charge in [0.25, 0.3) is 11.8 Å². The van der Waals surface area contributed by atoms with Gasteiger partial charge >= 0.3 is 17.9 Å². The Morgan fingerprint density at radius 2 is 0.770 bits per heavy atom. The van der Waals surface area contributed by atoms with E-state index < -0.39 is 37.7 Å². The summed E-state index contributed by atoms with van der Waals surface area (Å²) in [5.74, 6) is -3.90. The molecule has 13 nitrogen and oxygen atoms in total. The molecule has 5 aromatic carbocycles. The van der Waals surface area contributed by atoms with E-state index in [2.05, 4.69) is 0 Å². The number of hydrogen-bond acceptors (Lipinski definition) is 8. The van der Waals surface area contributed by atoms with Crippen LogP contribution in [0.15, 0.2) is 97.1 Å². The zero-order valence-electron chi connectivity index (χ0n) is 34.5.